The summed E-state index contributed by atoms with van der Waals surface area (Å²) < 4.78 is 84.1. The summed E-state index contributed by atoms with van der Waals surface area (Å²) in [6.45, 7) is 0.342. The van der Waals surface area contributed by atoms with Crippen LogP contribution in [0.5, 0.6) is 23.0 Å². The molecule has 0 aliphatic carbocycles. The molecular weight excluding hydrogens is 415 g/mol. The molecule has 0 unspecified atom stereocenters. The van der Waals surface area contributed by atoms with E-state index in [1.807, 2.05) is 0 Å². The van der Waals surface area contributed by atoms with Crippen molar-refractivity contribution in [2.24, 2.45) is 0 Å². The lowest BCUT2D eigenvalue weighted by molar-refractivity contribution is -0.274. The summed E-state index contributed by atoms with van der Waals surface area (Å²) in [5.41, 5.74) is 0. The highest BCUT2D eigenvalue weighted by Crippen LogP contribution is 2.37. The Morgan fingerprint density at radius 3 is 2.41 bits per heavy atom. The third-order valence-electron chi connectivity index (χ3n) is 4.43. The normalized spacial score (nSPS) is 19.3. The maximum absolute atomic E-state index is 13.0. The highest BCUT2D eigenvalue weighted by Gasteiger charge is 2.37. The lowest BCUT2D eigenvalue weighted by atomic mass is 10.3. The molecule has 0 bridgehead atoms. The number of hydrogen-bond acceptors (Lipinski definition) is 6. The zero-order valence-electron chi connectivity index (χ0n) is 14.9. The molecule has 2 aliphatic heterocycles. The standard InChI is InChI=1S/C18H16F3NO6S/c19-18(20,21)28-12-3-6-14(7-4-12)29(23,24)22-9-1-2-17(22)27-13-5-8-15-16(10-13)26-11-25-15/h3-8,10,17H,1-2,9,11H2/t17-/m0/s1. The van der Waals surface area contributed by atoms with E-state index in [4.69, 9.17) is 14.2 Å². The van der Waals surface area contributed by atoms with E-state index in [1.54, 1.807) is 18.2 Å². The maximum Gasteiger partial charge on any atom is 0.573 e. The number of sulfonamides is 1. The number of benzene rings is 2. The molecule has 29 heavy (non-hydrogen) atoms. The Labute approximate surface area is 164 Å². The maximum atomic E-state index is 13.0. The van der Waals surface area contributed by atoms with E-state index < -0.39 is 28.4 Å². The molecule has 1 atom stereocenters. The van der Waals surface area contributed by atoms with Gasteiger partial charge in [0.05, 0.1) is 4.90 Å². The summed E-state index contributed by atoms with van der Waals surface area (Å²) in [5, 5.41) is 0. The largest absolute Gasteiger partial charge is 0.573 e. The number of rotatable bonds is 5. The lowest BCUT2D eigenvalue weighted by Crippen LogP contribution is -2.38. The summed E-state index contributed by atoms with van der Waals surface area (Å²) in [6, 6.07) is 9.02. The first-order valence-electron chi connectivity index (χ1n) is 8.66. The molecule has 156 valence electrons. The van der Waals surface area contributed by atoms with E-state index in [2.05, 4.69) is 4.74 Å². The van der Waals surface area contributed by atoms with Gasteiger partial charge in [-0.1, -0.05) is 0 Å². The summed E-state index contributed by atoms with van der Waals surface area (Å²) in [4.78, 5) is -0.145. The Morgan fingerprint density at radius 1 is 1.00 bits per heavy atom. The van der Waals surface area contributed by atoms with Gasteiger partial charge in [0.25, 0.3) is 0 Å². The second-order valence-corrected chi connectivity index (χ2v) is 8.26. The highest BCUT2D eigenvalue weighted by atomic mass is 32.2. The van der Waals surface area contributed by atoms with Gasteiger partial charge in [-0.15, -0.1) is 13.2 Å². The number of alkyl halides is 3. The fourth-order valence-electron chi connectivity index (χ4n) is 3.16. The van der Waals surface area contributed by atoms with Gasteiger partial charge < -0.3 is 18.9 Å². The minimum atomic E-state index is -4.85. The molecule has 2 aromatic rings. The second kappa shape index (κ2) is 7.30. The molecule has 1 saturated heterocycles. The molecule has 0 saturated carbocycles. The molecule has 0 aromatic heterocycles. The molecule has 0 radical (unpaired) electrons. The Balaban J connectivity index is 1.51. The predicted molar refractivity (Wildman–Crippen MR) is 93.2 cm³/mol. The summed E-state index contributed by atoms with van der Waals surface area (Å²) in [7, 11) is -3.96. The first kappa shape index (κ1) is 19.6. The fourth-order valence-corrected chi connectivity index (χ4v) is 4.74. The first-order valence-corrected chi connectivity index (χ1v) is 10.1. The number of halogens is 3. The number of ether oxygens (including phenoxy) is 4. The van der Waals surface area contributed by atoms with Crippen molar-refractivity contribution in [2.45, 2.75) is 30.3 Å². The number of hydrogen-bond donors (Lipinski definition) is 0. The van der Waals surface area contributed by atoms with Crippen LogP contribution in [0, 0.1) is 0 Å². The van der Waals surface area contributed by atoms with E-state index in [0.717, 1.165) is 24.3 Å². The average Bonchev–Trinajstić information content (AvgIpc) is 3.30. The lowest BCUT2D eigenvalue weighted by Gasteiger charge is -2.25. The SMILES string of the molecule is O=S(=O)(c1ccc(OC(F)(F)F)cc1)N1CCC[C@@H]1Oc1ccc2c(c1)OCO2. The molecule has 11 heteroatoms. The second-order valence-electron chi connectivity index (χ2n) is 6.36. The first-order chi connectivity index (χ1) is 13.7. The van der Waals surface area contributed by atoms with Crippen molar-refractivity contribution in [3.63, 3.8) is 0 Å². The number of nitrogens with zero attached hydrogens (tertiary/aromatic N) is 1. The zero-order valence-corrected chi connectivity index (χ0v) is 15.7. The van der Waals surface area contributed by atoms with Gasteiger partial charge in [0, 0.05) is 19.0 Å². The molecule has 1 fully saturated rings. The highest BCUT2D eigenvalue weighted by molar-refractivity contribution is 7.89. The van der Waals surface area contributed by atoms with Crippen LogP contribution in [0.2, 0.25) is 0 Å². The van der Waals surface area contributed by atoms with Crippen LogP contribution < -0.4 is 18.9 Å². The topological polar surface area (TPSA) is 74.3 Å². The van der Waals surface area contributed by atoms with Gasteiger partial charge in [-0.3, -0.25) is 0 Å². The molecule has 4 rings (SSSR count). The van der Waals surface area contributed by atoms with Crippen LogP contribution in [0.15, 0.2) is 47.4 Å². The molecular formula is C18H16F3NO6S. The fraction of sp³-hybridized carbons (Fsp3) is 0.333. The molecule has 7 nitrogen and oxygen atoms in total. The van der Waals surface area contributed by atoms with Gasteiger partial charge in [0.15, 0.2) is 17.7 Å². The van der Waals surface area contributed by atoms with Gasteiger partial charge in [-0.2, -0.15) is 4.31 Å². The molecule has 2 heterocycles. The van der Waals surface area contributed by atoms with Crippen molar-refractivity contribution < 1.29 is 40.5 Å². The minimum absolute atomic E-state index is 0.108. The van der Waals surface area contributed by atoms with Crippen molar-refractivity contribution in [1.82, 2.24) is 4.31 Å². The third kappa shape index (κ3) is 4.20. The minimum Gasteiger partial charge on any atom is -0.474 e. The Kier molecular flexibility index (Phi) is 4.95. The van der Waals surface area contributed by atoms with E-state index in [-0.39, 0.29) is 18.2 Å². The van der Waals surface area contributed by atoms with Crippen molar-refractivity contribution in [3.05, 3.63) is 42.5 Å². The van der Waals surface area contributed by atoms with E-state index in [0.29, 0.717) is 30.1 Å². The van der Waals surface area contributed by atoms with Crippen LogP contribution in [0.4, 0.5) is 13.2 Å². The molecule has 0 N–H and O–H groups in total. The average molecular weight is 431 g/mol. The van der Waals surface area contributed by atoms with Crippen LogP contribution in [0.1, 0.15) is 12.8 Å². The summed E-state index contributed by atoms with van der Waals surface area (Å²) in [5.74, 6) is 1.02. The molecule has 2 aliphatic rings. The molecule has 0 spiro atoms. The quantitative estimate of drug-likeness (QED) is 0.722. The number of fused-ring (bicyclic) bond motifs is 1. The smallest absolute Gasteiger partial charge is 0.474 e. The van der Waals surface area contributed by atoms with Gasteiger partial charge in [0.2, 0.25) is 16.8 Å². The van der Waals surface area contributed by atoms with Crippen molar-refractivity contribution in [3.8, 4) is 23.0 Å². The van der Waals surface area contributed by atoms with Crippen LogP contribution in [0.25, 0.3) is 0 Å². The van der Waals surface area contributed by atoms with Crippen molar-refractivity contribution >= 4 is 10.0 Å². The van der Waals surface area contributed by atoms with Crippen LogP contribution in [-0.2, 0) is 10.0 Å². The van der Waals surface area contributed by atoms with Gasteiger partial charge in [-0.25, -0.2) is 8.42 Å². The zero-order chi connectivity index (χ0) is 20.6. The van der Waals surface area contributed by atoms with Crippen LogP contribution >= 0.6 is 0 Å². The van der Waals surface area contributed by atoms with E-state index in [1.165, 1.54) is 4.31 Å². The van der Waals surface area contributed by atoms with Crippen molar-refractivity contribution in [2.75, 3.05) is 13.3 Å². The molecule has 0 amide bonds. The van der Waals surface area contributed by atoms with Gasteiger partial charge >= 0.3 is 6.36 Å². The van der Waals surface area contributed by atoms with E-state index >= 15 is 0 Å². The van der Waals surface area contributed by atoms with Gasteiger partial charge in [-0.05, 0) is 42.8 Å². The third-order valence-corrected chi connectivity index (χ3v) is 6.33. The Morgan fingerprint density at radius 2 is 1.69 bits per heavy atom. The Hall–Kier alpha value is -2.66. The summed E-state index contributed by atoms with van der Waals surface area (Å²) in [6.07, 6.45) is -4.53. The van der Waals surface area contributed by atoms with Crippen LogP contribution in [0.3, 0.4) is 0 Å². The molecule has 2 aromatic carbocycles. The summed E-state index contributed by atoms with van der Waals surface area (Å²) >= 11 is 0. The van der Waals surface area contributed by atoms with Gasteiger partial charge in [0.1, 0.15) is 11.5 Å². The Bertz CT molecular complexity index is 994. The van der Waals surface area contributed by atoms with E-state index in [9.17, 15) is 21.6 Å². The van der Waals surface area contributed by atoms with Crippen molar-refractivity contribution in [1.29, 1.82) is 0 Å². The predicted octanol–water partition coefficient (Wildman–Crippen LogP) is 3.50. The van der Waals surface area contributed by atoms with Crippen LogP contribution in [-0.4, -0.2) is 38.7 Å². The monoisotopic (exact) mass is 431 g/mol.